The first kappa shape index (κ1) is 13.9. The Kier molecular flexibility index (Phi) is 5.48. The molecule has 0 atom stereocenters. The van der Waals surface area contributed by atoms with Gasteiger partial charge >= 0.3 is 0 Å². The van der Waals surface area contributed by atoms with Crippen LogP contribution in [0.3, 0.4) is 0 Å². The summed E-state index contributed by atoms with van der Waals surface area (Å²) < 4.78 is 0. The van der Waals surface area contributed by atoms with Crippen LogP contribution in [-0.4, -0.2) is 36.0 Å². The highest BCUT2D eigenvalue weighted by Gasteiger charge is 2.24. The zero-order valence-electron chi connectivity index (χ0n) is 11.8. The van der Waals surface area contributed by atoms with Crippen molar-refractivity contribution in [3.05, 3.63) is 0 Å². The monoisotopic (exact) mass is 252 g/mol. The van der Waals surface area contributed by atoms with E-state index in [9.17, 15) is 4.79 Å². The van der Waals surface area contributed by atoms with Crippen LogP contribution in [0.4, 0.5) is 0 Å². The quantitative estimate of drug-likeness (QED) is 0.816. The van der Waals surface area contributed by atoms with Gasteiger partial charge in [0, 0.05) is 18.6 Å². The van der Waals surface area contributed by atoms with Crippen molar-refractivity contribution in [2.45, 2.75) is 76.8 Å². The number of hydrogen-bond acceptors (Lipinski definition) is 2. The molecule has 104 valence electrons. The van der Waals surface area contributed by atoms with Crippen molar-refractivity contribution in [2.24, 2.45) is 0 Å². The predicted octanol–water partition coefficient (Wildman–Crippen LogP) is 2.70. The summed E-state index contributed by atoms with van der Waals surface area (Å²) in [5.41, 5.74) is 0. The number of hydrogen-bond donors (Lipinski definition) is 1. The Bertz CT molecular complexity index is 255. The van der Waals surface area contributed by atoms with Gasteiger partial charge in [0.2, 0.25) is 5.91 Å². The summed E-state index contributed by atoms with van der Waals surface area (Å²) in [5, 5.41) is 3.44. The van der Waals surface area contributed by atoms with Gasteiger partial charge in [-0.1, -0.05) is 32.1 Å². The molecule has 2 rings (SSSR count). The fourth-order valence-corrected chi connectivity index (χ4v) is 3.49. The summed E-state index contributed by atoms with van der Waals surface area (Å²) in [7, 11) is 0. The molecule has 0 saturated heterocycles. The van der Waals surface area contributed by atoms with Gasteiger partial charge in [-0.15, -0.1) is 0 Å². The molecule has 3 heteroatoms. The Labute approximate surface area is 111 Å². The van der Waals surface area contributed by atoms with E-state index in [0.29, 0.717) is 24.5 Å². The molecule has 0 aromatic carbocycles. The van der Waals surface area contributed by atoms with Crippen molar-refractivity contribution in [1.29, 1.82) is 0 Å². The predicted molar refractivity (Wildman–Crippen MR) is 74.5 cm³/mol. The molecular formula is C15H28N2O. The lowest BCUT2D eigenvalue weighted by Gasteiger charge is -2.34. The first-order valence-corrected chi connectivity index (χ1v) is 7.84. The van der Waals surface area contributed by atoms with Crippen LogP contribution in [0.25, 0.3) is 0 Å². The molecule has 0 bridgehead atoms. The zero-order chi connectivity index (χ0) is 12.8. The first-order valence-electron chi connectivity index (χ1n) is 7.84. The van der Waals surface area contributed by atoms with E-state index in [1.54, 1.807) is 0 Å². The van der Waals surface area contributed by atoms with Crippen LogP contribution in [0.15, 0.2) is 0 Å². The maximum Gasteiger partial charge on any atom is 0.236 e. The molecule has 2 fully saturated rings. The second-order valence-electron chi connectivity index (χ2n) is 5.83. The van der Waals surface area contributed by atoms with Crippen LogP contribution >= 0.6 is 0 Å². The lowest BCUT2D eigenvalue weighted by molar-refractivity contribution is -0.133. The summed E-state index contributed by atoms with van der Waals surface area (Å²) in [5.74, 6) is 0.316. The minimum atomic E-state index is 0.316. The summed E-state index contributed by atoms with van der Waals surface area (Å²) in [6.45, 7) is 3.53. The maximum atomic E-state index is 12.3. The van der Waals surface area contributed by atoms with E-state index in [1.165, 1.54) is 57.8 Å². The summed E-state index contributed by atoms with van der Waals surface area (Å²) in [6, 6.07) is 1.11. The van der Waals surface area contributed by atoms with Crippen molar-refractivity contribution < 1.29 is 4.79 Å². The van der Waals surface area contributed by atoms with E-state index in [-0.39, 0.29) is 0 Å². The van der Waals surface area contributed by atoms with Gasteiger partial charge in [-0.2, -0.15) is 0 Å². The van der Waals surface area contributed by atoms with E-state index >= 15 is 0 Å². The lowest BCUT2D eigenvalue weighted by Crippen LogP contribution is -2.46. The van der Waals surface area contributed by atoms with Crippen molar-refractivity contribution in [3.8, 4) is 0 Å². The summed E-state index contributed by atoms with van der Waals surface area (Å²) >= 11 is 0. The Morgan fingerprint density at radius 3 is 2.28 bits per heavy atom. The van der Waals surface area contributed by atoms with Crippen molar-refractivity contribution in [1.82, 2.24) is 10.2 Å². The zero-order valence-corrected chi connectivity index (χ0v) is 11.8. The molecule has 2 aliphatic rings. The standard InChI is InChI=1S/C15H28N2O/c1-2-17(14-10-4-3-5-11-14)15(18)12-16-13-8-6-7-9-13/h13-14,16H,2-12H2,1H3. The lowest BCUT2D eigenvalue weighted by atomic mass is 9.94. The van der Waals surface area contributed by atoms with E-state index in [1.807, 2.05) is 0 Å². The third kappa shape index (κ3) is 3.71. The largest absolute Gasteiger partial charge is 0.339 e. The molecule has 0 aromatic rings. The Morgan fingerprint density at radius 2 is 1.67 bits per heavy atom. The van der Waals surface area contributed by atoms with E-state index < -0.39 is 0 Å². The number of amides is 1. The smallest absolute Gasteiger partial charge is 0.236 e. The van der Waals surface area contributed by atoms with Crippen molar-refractivity contribution in [3.63, 3.8) is 0 Å². The van der Waals surface area contributed by atoms with Gasteiger partial charge in [0.25, 0.3) is 0 Å². The van der Waals surface area contributed by atoms with Crippen molar-refractivity contribution in [2.75, 3.05) is 13.1 Å². The fourth-order valence-electron chi connectivity index (χ4n) is 3.49. The second kappa shape index (κ2) is 7.13. The Balaban J connectivity index is 1.76. The molecule has 0 spiro atoms. The molecule has 0 radical (unpaired) electrons. The van der Waals surface area contributed by atoms with Crippen LogP contribution < -0.4 is 5.32 Å². The molecule has 2 aliphatic carbocycles. The minimum Gasteiger partial charge on any atom is -0.339 e. The molecular weight excluding hydrogens is 224 g/mol. The van der Waals surface area contributed by atoms with Crippen LogP contribution in [0.1, 0.15) is 64.7 Å². The maximum absolute atomic E-state index is 12.3. The highest BCUT2D eigenvalue weighted by molar-refractivity contribution is 5.78. The Morgan fingerprint density at radius 1 is 1.06 bits per heavy atom. The van der Waals surface area contributed by atoms with Gasteiger partial charge in [0.1, 0.15) is 0 Å². The van der Waals surface area contributed by atoms with Crippen LogP contribution in [0.2, 0.25) is 0 Å². The molecule has 3 nitrogen and oxygen atoms in total. The van der Waals surface area contributed by atoms with Crippen molar-refractivity contribution >= 4 is 5.91 Å². The van der Waals surface area contributed by atoms with Crippen LogP contribution in [0, 0.1) is 0 Å². The molecule has 2 saturated carbocycles. The minimum absolute atomic E-state index is 0.316. The van der Waals surface area contributed by atoms with Crippen LogP contribution in [-0.2, 0) is 4.79 Å². The molecule has 1 N–H and O–H groups in total. The summed E-state index contributed by atoms with van der Waals surface area (Å²) in [6.07, 6.45) is 11.5. The van der Waals surface area contributed by atoms with Crippen LogP contribution in [0.5, 0.6) is 0 Å². The topological polar surface area (TPSA) is 32.3 Å². The molecule has 18 heavy (non-hydrogen) atoms. The number of rotatable bonds is 5. The highest BCUT2D eigenvalue weighted by Crippen LogP contribution is 2.22. The number of carbonyl (C=O) groups excluding carboxylic acids is 1. The third-order valence-electron chi connectivity index (χ3n) is 4.57. The van der Waals surface area contributed by atoms with E-state index in [4.69, 9.17) is 0 Å². The van der Waals surface area contributed by atoms with Gasteiger partial charge in [-0.25, -0.2) is 0 Å². The van der Waals surface area contributed by atoms with Gasteiger partial charge < -0.3 is 10.2 Å². The van der Waals surface area contributed by atoms with E-state index in [2.05, 4.69) is 17.1 Å². The number of likely N-dealkylation sites (N-methyl/N-ethyl adjacent to an activating group) is 1. The molecule has 0 unspecified atom stereocenters. The normalized spacial score (nSPS) is 22.3. The van der Waals surface area contributed by atoms with Gasteiger partial charge in [0.05, 0.1) is 6.54 Å². The fraction of sp³-hybridized carbons (Fsp3) is 0.933. The SMILES string of the molecule is CCN(C(=O)CNC1CCCC1)C1CCCCC1. The third-order valence-corrected chi connectivity index (χ3v) is 4.57. The first-order chi connectivity index (χ1) is 8.81. The molecule has 0 aliphatic heterocycles. The number of nitrogens with zero attached hydrogens (tertiary/aromatic N) is 1. The Hall–Kier alpha value is -0.570. The second-order valence-corrected chi connectivity index (χ2v) is 5.83. The average molecular weight is 252 g/mol. The molecule has 0 aromatic heterocycles. The summed E-state index contributed by atoms with van der Waals surface area (Å²) in [4.78, 5) is 14.4. The van der Waals surface area contributed by atoms with Gasteiger partial charge in [-0.05, 0) is 32.6 Å². The highest BCUT2D eigenvalue weighted by atomic mass is 16.2. The number of carbonyl (C=O) groups is 1. The molecule has 1 amide bonds. The molecule has 0 heterocycles. The number of nitrogens with one attached hydrogen (secondary N) is 1. The van der Waals surface area contributed by atoms with Gasteiger partial charge in [0.15, 0.2) is 0 Å². The van der Waals surface area contributed by atoms with Gasteiger partial charge in [-0.3, -0.25) is 4.79 Å². The van der Waals surface area contributed by atoms with E-state index in [0.717, 1.165) is 6.54 Å². The average Bonchev–Trinajstić information content (AvgIpc) is 2.92.